The lowest BCUT2D eigenvalue weighted by atomic mass is 10.1. The maximum atomic E-state index is 11.6. The van der Waals surface area contributed by atoms with Crippen LogP contribution in [0.1, 0.15) is 27.3 Å². The van der Waals surface area contributed by atoms with Gasteiger partial charge in [0.1, 0.15) is 36.1 Å². The van der Waals surface area contributed by atoms with Crippen molar-refractivity contribution in [2.75, 3.05) is 19.7 Å². The number of ether oxygens (including phenoxy) is 2. The van der Waals surface area contributed by atoms with Gasteiger partial charge >= 0.3 is 0 Å². The molecule has 1 amide bonds. The summed E-state index contributed by atoms with van der Waals surface area (Å²) < 4.78 is 11.9. The van der Waals surface area contributed by atoms with Gasteiger partial charge in [0.05, 0.1) is 5.56 Å². The number of amides is 1. The summed E-state index contributed by atoms with van der Waals surface area (Å²) in [6.07, 6.45) is -0.486. The molecule has 0 aliphatic heterocycles. The smallest absolute Gasteiger partial charge is 0.252 e. The van der Waals surface area contributed by atoms with Crippen LogP contribution in [0.15, 0.2) is 78.9 Å². The summed E-state index contributed by atoms with van der Waals surface area (Å²) in [6, 6.07) is 23.6. The molecule has 216 valence electrons. The number of aryl methyl sites for hydroxylation is 2. The van der Waals surface area contributed by atoms with E-state index in [-0.39, 0.29) is 43.0 Å². The van der Waals surface area contributed by atoms with E-state index in [0.717, 1.165) is 22.5 Å². The number of hydrogen-bond donors (Lipinski definition) is 4. The Labute approximate surface area is 245 Å². The van der Waals surface area contributed by atoms with Crippen LogP contribution in [-0.4, -0.2) is 58.0 Å². The second-order valence-corrected chi connectivity index (χ2v) is 9.59. The molecule has 0 radical (unpaired) electrons. The quantitative estimate of drug-likeness (QED) is 0.187. The summed E-state index contributed by atoms with van der Waals surface area (Å²) in [5, 5.41) is 23.6. The van der Waals surface area contributed by atoms with Gasteiger partial charge in [0.2, 0.25) is 0 Å². The number of aliphatic hydroxyl groups is 1. The minimum atomic E-state index is -0.755. The van der Waals surface area contributed by atoms with E-state index in [9.17, 15) is 15.0 Å². The molecule has 5 N–H and O–H groups in total. The van der Waals surface area contributed by atoms with Gasteiger partial charge in [0.15, 0.2) is 5.82 Å². The van der Waals surface area contributed by atoms with Crippen molar-refractivity contribution in [1.82, 2.24) is 15.3 Å². The predicted octanol–water partition coefficient (Wildman–Crippen LogP) is 4.01. The highest BCUT2D eigenvalue weighted by Crippen LogP contribution is 2.24. The zero-order valence-electron chi connectivity index (χ0n) is 23.0. The summed E-state index contributed by atoms with van der Waals surface area (Å²) in [4.78, 5) is 20.6. The van der Waals surface area contributed by atoms with E-state index >= 15 is 0 Å². The van der Waals surface area contributed by atoms with Crippen molar-refractivity contribution in [1.29, 1.82) is 0 Å². The zero-order chi connectivity index (χ0) is 28.5. The van der Waals surface area contributed by atoms with Crippen LogP contribution >= 0.6 is 12.4 Å². The Kier molecular flexibility index (Phi) is 11.5. The SMILES string of the molecule is Cc1cc(C)nc(-c2ccc(OCC(O)CNCC(Cc3ccccc3)Oc3ccc(O)c(C(N)=O)c3)cc2)n1.Cl. The van der Waals surface area contributed by atoms with E-state index in [0.29, 0.717) is 30.3 Å². The number of carbonyl (C=O) groups excluding carboxylic acids is 1. The molecule has 9 nitrogen and oxygen atoms in total. The Morgan fingerprint density at radius 2 is 1.59 bits per heavy atom. The predicted molar refractivity (Wildman–Crippen MR) is 160 cm³/mol. The van der Waals surface area contributed by atoms with Crippen LogP contribution in [0, 0.1) is 13.8 Å². The number of hydrogen-bond acceptors (Lipinski definition) is 8. The van der Waals surface area contributed by atoms with Crippen LogP contribution in [0.2, 0.25) is 0 Å². The second-order valence-electron chi connectivity index (χ2n) is 9.59. The Bertz CT molecular complexity index is 1400. The standard InChI is InChI=1S/C31H34N4O5.ClH/c1-20-14-21(2)35-31(34-20)23-8-10-25(11-9-23)39-19-24(36)17-33-18-27(15-22-6-4-3-5-7-22)40-26-12-13-29(37)28(16-26)30(32)38;/h3-14,16,24,27,33,36-37H,15,17-19H2,1-2H3,(H2,32,38);1H. The fraction of sp³-hybridized carbons (Fsp3) is 0.258. The summed E-state index contributed by atoms with van der Waals surface area (Å²) in [7, 11) is 0. The third-order valence-corrected chi connectivity index (χ3v) is 6.13. The monoisotopic (exact) mass is 578 g/mol. The maximum absolute atomic E-state index is 11.6. The Morgan fingerprint density at radius 3 is 2.24 bits per heavy atom. The van der Waals surface area contributed by atoms with E-state index in [1.54, 1.807) is 6.07 Å². The first-order valence-corrected chi connectivity index (χ1v) is 13.0. The average molecular weight is 579 g/mol. The molecule has 0 aliphatic rings. The van der Waals surface area contributed by atoms with Crippen LogP contribution in [0.3, 0.4) is 0 Å². The number of carbonyl (C=O) groups is 1. The van der Waals surface area contributed by atoms with Gasteiger partial charge in [-0.05, 0) is 67.9 Å². The highest BCUT2D eigenvalue weighted by atomic mass is 35.5. The summed E-state index contributed by atoms with van der Waals surface area (Å²) >= 11 is 0. The maximum Gasteiger partial charge on any atom is 0.252 e. The fourth-order valence-electron chi connectivity index (χ4n) is 4.23. The number of primary amides is 1. The lowest BCUT2D eigenvalue weighted by Crippen LogP contribution is -2.38. The first-order valence-electron chi connectivity index (χ1n) is 13.0. The topological polar surface area (TPSA) is 140 Å². The molecular weight excluding hydrogens is 544 g/mol. The van der Waals surface area contributed by atoms with Crippen LogP contribution < -0.4 is 20.5 Å². The number of benzene rings is 3. The van der Waals surface area contributed by atoms with Gasteiger partial charge in [-0.25, -0.2) is 9.97 Å². The molecule has 1 heterocycles. The average Bonchev–Trinajstić information content (AvgIpc) is 2.93. The molecule has 10 heteroatoms. The van der Waals surface area contributed by atoms with E-state index in [2.05, 4.69) is 15.3 Å². The Morgan fingerprint density at radius 1 is 0.927 bits per heavy atom. The molecule has 3 aromatic carbocycles. The molecule has 0 saturated carbocycles. The van der Waals surface area contributed by atoms with Crippen LogP contribution in [0.4, 0.5) is 0 Å². The molecule has 0 spiro atoms. The van der Waals surface area contributed by atoms with E-state index in [1.807, 2.05) is 74.5 Å². The van der Waals surface area contributed by atoms with E-state index in [4.69, 9.17) is 15.2 Å². The van der Waals surface area contributed by atoms with Gasteiger partial charge in [-0.3, -0.25) is 4.79 Å². The van der Waals surface area contributed by atoms with E-state index < -0.39 is 12.0 Å². The fourth-order valence-corrected chi connectivity index (χ4v) is 4.23. The number of phenols is 1. The normalized spacial score (nSPS) is 12.2. The van der Waals surface area contributed by atoms with Crippen molar-refractivity contribution < 1.29 is 24.5 Å². The molecule has 4 aromatic rings. The lowest BCUT2D eigenvalue weighted by molar-refractivity contribution is 0.0992. The molecular formula is C31H35ClN4O5. The van der Waals surface area contributed by atoms with Gasteiger partial charge < -0.3 is 30.7 Å². The molecule has 2 unspecified atom stereocenters. The summed E-state index contributed by atoms with van der Waals surface area (Å²) in [6.45, 7) is 4.69. The van der Waals surface area contributed by atoms with Crippen molar-refractivity contribution in [3.8, 4) is 28.6 Å². The largest absolute Gasteiger partial charge is 0.507 e. The minimum absolute atomic E-state index is 0. The van der Waals surface area contributed by atoms with Crippen molar-refractivity contribution >= 4 is 18.3 Å². The molecule has 0 bridgehead atoms. The van der Waals surface area contributed by atoms with Crippen LogP contribution in [-0.2, 0) is 6.42 Å². The molecule has 0 fully saturated rings. The highest BCUT2D eigenvalue weighted by Gasteiger charge is 2.16. The third kappa shape index (κ3) is 9.46. The molecule has 4 rings (SSSR count). The molecule has 0 saturated heterocycles. The van der Waals surface area contributed by atoms with E-state index in [1.165, 1.54) is 12.1 Å². The van der Waals surface area contributed by atoms with Crippen LogP contribution in [0.5, 0.6) is 17.2 Å². The summed E-state index contributed by atoms with van der Waals surface area (Å²) in [5.41, 5.74) is 9.13. The van der Waals surface area contributed by atoms with Crippen LogP contribution in [0.25, 0.3) is 11.4 Å². The second kappa shape index (κ2) is 15.0. The van der Waals surface area contributed by atoms with Gasteiger partial charge in [-0.1, -0.05) is 30.3 Å². The molecule has 1 aromatic heterocycles. The first kappa shape index (κ1) is 31.3. The van der Waals surface area contributed by atoms with Crippen molar-refractivity contribution in [3.05, 3.63) is 101 Å². The van der Waals surface area contributed by atoms with Gasteiger partial charge in [0.25, 0.3) is 5.91 Å². The van der Waals surface area contributed by atoms with Crippen molar-refractivity contribution in [2.24, 2.45) is 5.73 Å². The molecule has 2 atom stereocenters. The Hall–Kier alpha value is -4.18. The van der Waals surface area contributed by atoms with Gasteiger partial charge in [-0.2, -0.15) is 0 Å². The number of halogens is 1. The molecule has 0 aliphatic carbocycles. The highest BCUT2D eigenvalue weighted by molar-refractivity contribution is 5.95. The van der Waals surface area contributed by atoms with Gasteiger partial charge in [-0.15, -0.1) is 12.4 Å². The number of aliphatic hydroxyl groups excluding tert-OH is 1. The number of aromatic nitrogens is 2. The molecule has 41 heavy (non-hydrogen) atoms. The minimum Gasteiger partial charge on any atom is -0.507 e. The number of nitrogens with zero attached hydrogens (tertiary/aromatic N) is 2. The first-order chi connectivity index (χ1) is 19.3. The lowest BCUT2D eigenvalue weighted by Gasteiger charge is -2.21. The Balaban J connectivity index is 0.00000462. The van der Waals surface area contributed by atoms with Gasteiger partial charge in [0, 0.05) is 36.5 Å². The third-order valence-electron chi connectivity index (χ3n) is 6.13. The number of nitrogens with two attached hydrogens (primary N) is 1. The number of rotatable bonds is 13. The van der Waals surface area contributed by atoms with Crippen molar-refractivity contribution in [3.63, 3.8) is 0 Å². The summed E-state index contributed by atoms with van der Waals surface area (Å²) in [5.74, 6) is 0.771. The van der Waals surface area contributed by atoms with Crippen molar-refractivity contribution in [2.45, 2.75) is 32.5 Å². The number of nitrogens with one attached hydrogen (secondary N) is 1. The number of aromatic hydroxyl groups is 1. The zero-order valence-corrected chi connectivity index (χ0v) is 23.8.